The predicted molar refractivity (Wildman–Crippen MR) is 327 cm³/mol. The molecule has 1 amide bonds. The van der Waals surface area contributed by atoms with Gasteiger partial charge in [0.05, 0.1) is 18.8 Å². The van der Waals surface area contributed by atoms with E-state index in [9.17, 15) is 15.0 Å². The normalized spacial score (nSPS) is 13.3. The van der Waals surface area contributed by atoms with Crippen LogP contribution in [0.3, 0.4) is 0 Å². The van der Waals surface area contributed by atoms with E-state index < -0.39 is 12.1 Å². The maximum atomic E-state index is 12.5. The lowest BCUT2D eigenvalue weighted by molar-refractivity contribution is -0.123. The molecule has 0 aromatic carbocycles. The van der Waals surface area contributed by atoms with Gasteiger partial charge in [0.25, 0.3) is 0 Å². The maximum Gasteiger partial charge on any atom is 0.220 e. The number of amides is 1. The van der Waals surface area contributed by atoms with Gasteiger partial charge in [-0.3, -0.25) is 4.79 Å². The van der Waals surface area contributed by atoms with Crippen LogP contribution in [0.4, 0.5) is 0 Å². The number of carbonyl (C=O) groups is 1. The third kappa shape index (κ3) is 60.3. The van der Waals surface area contributed by atoms with Gasteiger partial charge in [-0.1, -0.05) is 336 Å². The van der Waals surface area contributed by atoms with Gasteiger partial charge < -0.3 is 15.5 Å². The molecule has 0 aliphatic carbocycles. The molecule has 0 aliphatic rings. The minimum Gasteiger partial charge on any atom is -0.394 e. The van der Waals surface area contributed by atoms with E-state index in [0.29, 0.717) is 12.8 Å². The minimum atomic E-state index is -0.672. The van der Waals surface area contributed by atoms with Crippen molar-refractivity contribution in [3.05, 3.63) is 85.1 Å². The highest BCUT2D eigenvalue weighted by atomic mass is 16.3. The van der Waals surface area contributed by atoms with Crippen molar-refractivity contribution < 1.29 is 15.0 Å². The lowest BCUT2D eigenvalue weighted by Crippen LogP contribution is -2.45. The van der Waals surface area contributed by atoms with E-state index in [-0.39, 0.29) is 12.5 Å². The van der Waals surface area contributed by atoms with Gasteiger partial charge in [0.1, 0.15) is 0 Å². The average Bonchev–Trinajstić information content (AvgIpc) is 3.40. The molecule has 0 fully saturated rings. The highest BCUT2D eigenvalue weighted by Gasteiger charge is 2.20. The zero-order valence-corrected chi connectivity index (χ0v) is 48.9. The Labute approximate surface area is 456 Å². The first-order valence-electron chi connectivity index (χ1n) is 32.3. The number of carbonyl (C=O) groups excluding carboxylic acids is 1. The average molecular weight is 1020 g/mol. The molecular weight excluding hydrogens is 891 g/mol. The lowest BCUT2D eigenvalue weighted by atomic mass is 10.0. The van der Waals surface area contributed by atoms with Crippen molar-refractivity contribution in [3.8, 4) is 0 Å². The standard InChI is InChI=1S/C69H125NO3/c1-3-5-7-9-11-13-15-17-19-21-23-25-27-29-31-33-34-35-37-38-40-42-44-46-48-50-52-54-56-58-60-62-64-68(72)67(66-71)70-69(73)65-63-61-59-57-55-53-51-49-47-45-43-41-39-36-32-30-28-26-24-22-20-18-16-14-12-10-8-6-4-2/h6,8,12,14,18,20,24,26,30,32,39,41,45,47,67-68,71-72H,3-5,7,9-11,13,15-17,19,21-23,25,27-29,31,33-38,40,42-44,46,48-66H2,1-2H3,(H,70,73)/b8-6-,14-12-,20-18-,26-24-,32-30-,41-39-,47-45-. The molecule has 0 heterocycles. The van der Waals surface area contributed by atoms with Crippen molar-refractivity contribution in [3.63, 3.8) is 0 Å². The van der Waals surface area contributed by atoms with E-state index in [1.165, 1.54) is 218 Å². The molecule has 424 valence electrons. The first-order chi connectivity index (χ1) is 36.2. The van der Waals surface area contributed by atoms with Crippen LogP contribution in [0.1, 0.15) is 328 Å². The van der Waals surface area contributed by atoms with Crippen LogP contribution in [0.15, 0.2) is 85.1 Å². The van der Waals surface area contributed by atoms with Crippen molar-refractivity contribution in [1.29, 1.82) is 0 Å². The van der Waals surface area contributed by atoms with E-state index >= 15 is 0 Å². The predicted octanol–water partition coefficient (Wildman–Crippen LogP) is 21.9. The summed E-state index contributed by atoms with van der Waals surface area (Å²) in [6.07, 6.45) is 93.2. The van der Waals surface area contributed by atoms with Crippen molar-refractivity contribution in [2.75, 3.05) is 6.61 Å². The van der Waals surface area contributed by atoms with E-state index in [2.05, 4.69) is 104 Å². The van der Waals surface area contributed by atoms with Crippen LogP contribution in [0.2, 0.25) is 0 Å². The minimum absolute atomic E-state index is 0.0417. The zero-order valence-electron chi connectivity index (χ0n) is 48.9. The summed E-state index contributed by atoms with van der Waals surface area (Å²) < 4.78 is 0. The highest BCUT2D eigenvalue weighted by molar-refractivity contribution is 5.76. The summed E-state index contributed by atoms with van der Waals surface area (Å²) in [5.74, 6) is -0.0417. The number of allylic oxidation sites excluding steroid dienone is 14. The molecule has 0 radical (unpaired) electrons. The summed E-state index contributed by atoms with van der Waals surface area (Å²) >= 11 is 0. The molecule has 0 aromatic rings. The number of nitrogens with one attached hydrogen (secondary N) is 1. The number of aliphatic hydroxyl groups excluding tert-OH is 2. The lowest BCUT2D eigenvalue weighted by Gasteiger charge is -2.22. The Hall–Kier alpha value is -2.43. The van der Waals surface area contributed by atoms with Crippen molar-refractivity contribution >= 4 is 5.91 Å². The van der Waals surface area contributed by atoms with Gasteiger partial charge in [0.15, 0.2) is 0 Å². The molecule has 4 nitrogen and oxygen atoms in total. The molecule has 4 heteroatoms. The molecule has 0 saturated carbocycles. The fourth-order valence-corrected chi connectivity index (χ4v) is 9.82. The largest absolute Gasteiger partial charge is 0.394 e. The van der Waals surface area contributed by atoms with Crippen LogP contribution < -0.4 is 5.32 Å². The topological polar surface area (TPSA) is 69.6 Å². The second-order valence-corrected chi connectivity index (χ2v) is 21.8. The van der Waals surface area contributed by atoms with E-state index in [1.807, 2.05) is 0 Å². The van der Waals surface area contributed by atoms with Crippen LogP contribution in [0.5, 0.6) is 0 Å². The summed E-state index contributed by atoms with van der Waals surface area (Å²) in [7, 11) is 0. The summed E-state index contributed by atoms with van der Waals surface area (Å²) in [5, 5.41) is 23.4. The Kier molecular flexibility index (Phi) is 61.7. The van der Waals surface area contributed by atoms with Crippen LogP contribution in [0, 0.1) is 0 Å². The first-order valence-corrected chi connectivity index (χ1v) is 32.3. The SMILES string of the molecule is CC/C=C\C/C=C\C/C=C\C/C=C\C/C=C\C/C=C\C/C=C\CCCCCCCCCC(=O)NC(CO)C(O)CCCCCCCCCCCCCCCCCCCCCCCCCCCCCCCCCC. The molecule has 2 atom stereocenters. The van der Waals surface area contributed by atoms with Gasteiger partial charge in [-0.2, -0.15) is 0 Å². The summed E-state index contributed by atoms with van der Waals surface area (Å²) in [4.78, 5) is 12.5. The van der Waals surface area contributed by atoms with E-state index in [1.54, 1.807) is 0 Å². The molecule has 3 N–H and O–H groups in total. The van der Waals surface area contributed by atoms with Crippen molar-refractivity contribution in [2.24, 2.45) is 0 Å². The van der Waals surface area contributed by atoms with Gasteiger partial charge in [0.2, 0.25) is 5.91 Å². The fraction of sp³-hybridized carbons (Fsp3) is 0.783. The number of rotatable bonds is 59. The summed E-state index contributed by atoms with van der Waals surface area (Å²) in [6.45, 7) is 4.27. The first kappa shape index (κ1) is 70.6. The Morgan fingerprint density at radius 2 is 0.603 bits per heavy atom. The molecule has 0 bridgehead atoms. The monoisotopic (exact) mass is 1020 g/mol. The van der Waals surface area contributed by atoms with Crippen LogP contribution in [0.25, 0.3) is 0 Å². The van der Waals surface area contributed by atoms with Gasteiger partial charge in [-0.05, 0) is 70.6 Å². The number of aliphatic hydroxyl groups is 2. The van der Waals surface area contributed by atoms with Crippen LogP contribution in [-0.4, -0.2) is 34.9 Å². The van der Waals surface area contributed by atoms with Crippen LogP contribution in [-0.2, 0) is 4.79 Å². The molecule has 73 heavy (non-hydrogen) atoms. The van der Waals surface area contributed by atoms with Crippen LogP contribution >= 0.6 is 0 Å². The Morgan fingerprint density at radius 1 is 0.342 bits per heavy atom. The smallest absolute Gasteiger partial charge is 0.220 e. The molecule has 2 unspecified atom stereocenters. The van der Waals surface area contributed by atoms with Gasteiger partial charge in [0, 0.05) is 6.42 Å². The highest BCUT2D eigenvalue weighted by Crippen LogP contribution is 2.18. The van der Waals surface area contributed by atoms with Crippen molar-refractivity contribution in [1.82, 2.24) is 5.32 Å². The maximum absolute atomic E-state index is 12.5. The Morgan fingerprint density at radius 3 is 0.904 bits per heavy atom. The van der Waals surface area contributed by atoms with Gasteiger partial charge in [-0.15, -0.1) is 0 Å². The molecule has 0 aliphatic heterocycles. The van der Waals surface area contributed by atoms with E-state index in [0.717, 1.165) is 83.5 Å². The number of hydrogen-bond acceptors (Lipinski definition) is 3. The molecule has 0 aromatic heterocycles. The summed E-state index contributed by atoms with van der Waals surface area (Å²) in [6, 6.07) is -0.550. The summed E-state index contributed by atoms with van der Waals surface area (Å²) in [5.41, 5.74) is 0. The molecule has 0 rings (SSSR count). The Balaban J connectivity index is 3.49. The fourth-order valence-electron chi connectivity index (χ4n) is 9.82. The molecule has 0 spiro atoms. The Bertz CT molecular complexity index is 1290. The van der Waals surface area contributed by atoms with Gasteiger partial charge >= 0.3 is 0 Å². The quantitative estimate of drug-likeness (QED) is 0.0420. The molecular formula is C69H125NO3. The second-order valence-electron chi connectivity index (χ2n) is 21.8. The van der Waals surface area contributed by atoms with Gasteiger partial charge in [-0.25, -0.2) is 0 Å². The second kappa shape index (κ2) is 63.9. The molecule has 0 saturated heterocycles. The van der Waals surface area contributed by atoms with E-state index in [4.69, 9.17) is 0 Å². The third-order valence-corrected chi connectivity index (χ3v) is 14.7. The zero-order chi connectivity index (χ0) is 52.7. The van der Waals surface area contributed by atoms with Crippen molar-refractivity contribution in [2.45, 2.75) is 341 Å². The third-order valence-electron chi connectivity index (χ3n) is 14.7. The number of unbranched alkanes of at least 4 members (excludes halogenated alkanes) is 38. The number of hydrogen-bond donors (Lipinski definition) is 3.